The minimum Gasteiger partial charge on any atom is -0.492 e. The Morgan fingerprint density at radius 1 is 1.00 bits per heavy atom. The molecule has 6 heteroatoms. The second kappa shape index (κ2) is 9.59. The van der Waals surface area contributed by atoms with E-state index in [-0.39, 0.29) is 5.91 Å². The number of nitrogens with one attached hydrogen (secondary N) is 1. The summed E-state index contributed by atoms with van der Waals surface area (Å²) in [5, 5.41) is 2.81. The Morgan fingerprint density at radius 3 is 2.47 bits per heavy atom. The molecule has 0 saturated carbocycles. The minimum atomic E-state index is -0.404. The number of aromatic nitrogens is 1. The molecule has 1 saturated heterocycles. The average Bonchev–Trinajstić information content (AvgIpc) is 3.30. The van der Waals surface area contributed by atoms with E-state index in [1.54, 1.807) is 30.3 Å². The molecule has 1 aromatic heterocycles. The van der Waals surface area contributed by atoms with Crippen LogP contribution in [0, 0.1) is 5.82 Å². The van der Waals surface area contributed by atoms with Crippen molar-refractivity contribution in [2.24, 2.45) is 0 Å². The van der Waals surface area contributed by atoms with Crippen LogP contribution in [0.2, 0.25) is 0 Å². The van der Waals surface area contributed by atoms with Gasteiger partial charge in [0.25, 0.3) is 5.91 Å². The smallest absolute Gasteiger partial charge is 0.255 e. The summed E-state index contributed by atoms with van der Waals surface area (Å²) in [6.45, 7) is 3.85. The SMILES string of the molecule is O=C(Nc1cc(F)ccc1-n1cccc1)c1ccc(OCCN2CCCCC2)cc1. The van der Waals surface area contributed by atoms with Gasteiger partial charge in [0.2, 0.25) is 0 Å². The molecule has 1 amide bonds. The molecule has 0 spiro atoms. The Kier molecular flexibility index (Phi) is 6.44. The number of anilines is 1. The predicted molar refractivity (Wildman–Crippen MR) is 116 cm³/mol. The van der Waals surface area contributed by atoms with Crippen LogP contribution in [0.15, 0.2) is 67.0 Å². The largest absolute Gasteiger partial charge is 0.492 e. The first-order valence-electron chi connectivity index (χ1n) is 10.4. The highest BCUT2D eigenvalue weighted by atomic mass is 19.1. The zero-order valence-corrected chi connectivity index (χ0v) is 16.9. The van der Waals surface area contributed by atoms with E-state index in [0.29, 0.717) is 23.5 Å². The first-order chi connectivity index (χ1) is 14.7. The standard InChI is InChI=1S/C24H26FN3O2/c25-20-8-11-23(28-14-4-5-15-28)22(18-20)26-24(29)19-6-9-21(10-7-19)30-17-16-27-12-2-1-3-13-27/h4-11,14-15,18H,1-3,12-13,16-17H2,(H,26,29). The molecule has 2 heterocycles. The van der Waals surface area contributed by atoms with E-state index < -0.39 is 5.82 Å². The van der Waals surface area contributed by atoms with Crippen molar-refractivity contribution in [2.75, 3.05) is 31.6 Å². The van der Waals surface area contributed by atoms with Crippen LogP contribution in [0.25, 0.3) is 5.69 Å². The van der Waals surface area contributed by atoms with Gasteiger partial charge in [-0.1, -0.05) is 6.42 Å². The fourth-order valence-electron chi connectivity index (χ4n) is 3.70. The van der Waals surface area contributed by atoms with Crippen molar-refractivity contribution in [1.82, 2.24) is 9.47 Å². The van der Waals surface area contributed by atoms with E-state index in [9.17, 15) is 9.18 Å². The third-order valence-electron chi connectivity index (χ3n) is 5.33. The Hall–Kier alpha value is -3.12. The molecule has 1 aliphatic rings. The Labute approximate surface area is 176 Å². The van der Waals surface area contributed by atoms with E-state index in [0.717, 1.165) is 25.4 Å². The van der Waals surface area contributed by atoms with Gasteiger partial charge in [-0.15, -0.1) is 0 Å². The van der Waals surface area contributed by atoms with Crippen LogP contribution in [0.4, 0.5) is 10.1 Å². The number of hydrogen-bond acceptors (Lipinski definition) is 3. The third kappa shape index (κ3) is 5.07. The molecular weight excluding hydrogens is 381 g/mol. The molecule has 0 aliphatic carbocycles. The normalized spacial score (nSPS) is 14.4. The van der Waals surface area contributed by atoms with Crippen LogP contribution in [0.5, 0.6) is 5.75 Å². The molecule has 1 aliphatic heterocycles. The predicted octanol–water partition coefficient (Wildman–Crippen LogP) is 4.73. The number of likely N-dealkylation sites (tertiary alicyclic amines) is 1. The molecular formula is C24H26FN3O2. The van der Waals surface area contributed by atoms with E-state index >= 15 is 0 Å². The topological polar surface area (TPSA) is 46.5 Å². The van der Waals surface area contributed by atoms with Gasteiger partial charge in [0.1, 0.15) is 18.2 Å². The summed E-state index contributed by atoms with van der Waals surface area (Å²) in [6, 6.07) is 15.1. The molecule has 1 N–H and O–H groups in total. The van der Waals surface area contributed by atoms with E-state index in [2.05, 4.69) is 10.2 Å². The molecule has 3 aromatic rings. The lowest BCUT2D eigenvalue weighted by Gasteiger charge is -2.26. The summed E-state index contributed by atoms with van der Waals surface area (Å²) in [6.07, 6.45) is 7.55. The highest BCUT2D eigenvalue weighted by molar-refractivity contribution is 6.05. The monoisotopic (exact) mass is 407 g/mol. The van der Waals surface area contributed by atoms with Crippen molar-refractivity contribution in [3.8, 4) is 11.4 Å². The summed E-state index contributed by atoms with van der Waals surface area (Å²) in [4.78, 5) is 15.1. The molecule has 30 heavy (non-hydrogen) atoms. The van der Waals surface area contributed by atoms with E-state index in [1.165, 1.54) is 31.4 Å². The highest BCUT2D eigenvalue weighted by Gasteiger charge is 2.12. The van der Waals surface area contributed by atoms with Gasteiger partial charge in [-0.25, -0.2) is 4.39 Å². The van der Waals surface area contributed by atoms with Crippen LogP contribution in [-0.4, -0.2) is 41.6 Å². The lowest BCUT2D eigenvalue weighted by atomic mass is 10.1. The molecule has 0 radical (unpaired) electrons. The van der Waals surface area contributed by atoms with Crippen molar-refractivity contribution in [3.63, 3.8) is 0 Å². The van der Waals surface area contributed by atoms with Crippen LogP contribution < -0.4 is 10.1 Å². The second-order valence-corrected chi connectivity index (χ2v) is 7.48. The van der Waals surface area contributed by atoms with Crippen LogP contribution >= 0.6 is 0 Å². The second-order valence-electron chi connectivity index (χ2n) is 7.48. The number of carbonyl (C=O) groups is 1. The Bertz CT molecular complexity index is 965. The number of ether oxygens (including phenoxy) is 1. The lowest BCUT2D eigenvalue weighted by molar-refractivity contribution is 0.102. The van der Waals surface area contributed by atoms with Gasteiger partial charge in [0, 0.05) is 24.5 Å². The molecule has 0 unspecified atom stereocenters. The summed E-state index contributed by atoms with van der Waals surface area (Å²) in [5.74, 6) is 0.0369. The highest BCUT2D eigenvalue weighted by Crippen LogP contribution is 2.23. The number of rotatable bonds is 7. The van der Waals surface area contributed by atoms with Gasteiger partial charge < -0.3 is 14.6 Å². The average molecular weight is 407 g/mol. The minimum absolute atomic E-state index is 0.297. The number of carbonyl (C=O) groups excluding carboxylic acids is 1. The van der Waals surface area contributed by atoms with Crippen LogP contribution in [-0.2, 0) is 0 Å². The van der Waals surface area contributed by atoms with Gasteiger partial charge in [0.05, 0.1) is 11.4 Å². The van der Waals surface area contributed by atoms with E-state index in [1.807, 2.05) is 29.1 Å². The molecule has 4 rings (SSSR count). The van der Waals surface area contributed by atoms with Gasteiger partial charge in [-0.3, -0.25) is 9.69 Å². The van der Waals surface area contributed by atoms with Crippen LogP contribution in [0.1, 0.15) is 29.6 Å². The van der Waals surface area contributed by atoms with Crippen molar-refractivity contribution < 1.29 is 13.9 Å². The number of benzene rings is 2. The van der Waals surface area contributed by atoms with Gasteiger partial charge in [0.15, 0.2) is 0 Å². The van der Waals surface area contributed by atoms with Gasteiger partial charge >= 0.3 is 0 Å². The fraction of sp³-hybridized carbons (Fsp3) is 0.292. The molecule has 0 bridgehead atoms. The van der Waals surface area contributed by atoms with Crippen molar-refractivity contribution in [1.29, 1.82) is 0 Å². The summed E-state index contributed by atoms with van der Waals surface area (Å²) in [5.41, 5.74) is 1.60. The first kappa shape index (κ1) is 20.2. The van der Waals surface area contributed by atoms with Crippen molar-refractivity contribution in [2.45, 2.75) is 19.3 Å². The van der Waals surface area contributed by atoms with E-state index in [4.69, 9.17) is 4.74 Å². The van der Waals surface area contributed by atoms with Crippen molar-refractivity contribution in [3.05, 3.63) is 78.4 Å². The quantitative estimate of drug-likeness (QED) is 0.616. The number of piperidine rings is 1. The number of halogens is 1. The Morgan fingerprint density at radius 2 is 1.73 bits per heavy atom. The summed E-state index contributed by atoms with van der Waals surface area (Å²) in [7, 11) is 0. The third-order valence-corrected chi connectivity index (χ3v) is 5.33. The maximum atomic E-state index is 13.8. The van der Waals surface area contributed by atoms with Crippen LogP contribution in [0.3, 0.4) is 0 Å². The number of amides is 1. The lowest BCUT2D eigenvalue weighted by Crippen LogP contribution is -2.33. The molecule has 5 nitrogen and oxygen atoms in total. The summed E-state index contributed by atoms with van der Waals surface area (Å²) >= 11 is 0. The number of hydrogen-bond donors (Lipinski definition) is 1. The maximum Gasteiger partial charge on any atom is 0.255 e. The zero-order valence-electron chi connectivity index (χ0n) is 16.9. The first-order valence-corrected chi connectivity index (χ1v) is 10.4. The molecule has 0 atom stereocenters. The maximum absolute atomic E-state index is 13.8. The number of nitrogens with zero attached hydrogens (tertiary/aromatic N) is 2. The Balaban J connectivity index is 1.37. The zero-order chi connectivity index (χ0) is 20.8. The molecule has 2 aromatic carbocycles. The summed E-state index contributed by atoms with van der Waals surface area (Å²) < 4.78 is 21.4. The molecule has 1 fully saturated rings. The fourth-order valence-corrected chi connectivity index (χ4v) is 3.70. The molecule has 156 valence electrons. The van der Waals surface area contributed by atoms with Gasteiger partial charge in [-0.2, -0.15) is 0 Å². The van der Waals surface area contributed by atoms with Gasteiger partial charge in [-0.05, 0) is 80.5 Å². The van der Waals surface area contributed by atoms with Crippen molar-refractivity contribution >= 4 is 11.6 Å².